The predicted octanol–water partition coefficient (Wildman–Crippen LogP) is 2.58. The van der Waals surface area contributed by atoms with Crippen LogP contribution in [0.4, 0.5) is 8.78 Å². The molecule has 1 amide bonds. The first kappa shape index (κ1) is 14.9. The number of amides is 1. The Morgan fingerprint density at radius 1 is 1.15 bits per heavy atom. The monoisotopic (exact) mass is 282 g/mol. The fraction of sp³-hybridized carbons (Fsp3) is 0.533. The molecule has 0 spiro atoms. The maximum Gasteiger partial charge on any atom is 0.244 e. The first-order chi connectivity index (χ1) is 9.52. The molecular formula is C15H20F2N2O. The summed E-state index contributed by atoms with van der Waals surface area (Å²) in [6, 6.07) is 2.87. The Morgan fingerprint density at radius 3 is 2.20 bits per heavy atom. The lowest BCUT2D eigenvalue weighted by Crippen LogP contribution is -2.43. The summed E-state index contributed by atoms with van der Waals surface area (Å²) in [4.78, 5) is 15.7. The molecule has 110 valence electrons. The van der Waals surface area contributed by atoms with Crippen LogP contribution >= 0.6 is 0 Å². The van der Waals surface area contributed by atoms with E-state index in [2.05, 4.69) is 0 Å². The average molecular weight is 282 g/mol. The van der Waals surface area contributed by atoms with Crippen LogP contribution in [0, 0.1) is 11.6 Å². The molecule has 1 saturated heterocycles. The number of likely N-dealkylation sites (N-methyl/N-ethyl adjacent to an activating group) is 1. The van der Waals surface area contributed by atoms with E-state index in [0.29, 0.717) is 13.1 Å². The van der Waals surface area contributed by atoms with Crippen molar-refractivity contribution in [3.8, 4) is 0 Å². The highest BCUT2D eigenvalue weighted by atomic mass is 19.1. The quantitative estimate of drug-likeness (QED) is 0.850. The third kappa shape index (κ3) is 2.98. The fourth-order valence-corrected chi connectivity index (χ4v) is 2.66. The molecule has 2 rings (SSSR count). The van der Waals surface area contributed by atoms with E-state index in [1.54, 1.807) is 14.1 Å². The number of hydrogen-bond acceptors (Lipinski definition) is 2. The maximum atomic E-state index is 14.0. The third-order valence-corrected chi connectivity index (χ3v) is 3.70. The number of nitrogens with zero attached hydrogens (tertiary/aromatic N) is 2. The van der Waals surface area contributed by atoms with Gasteiger partial charge in [-0.2, -0.15) is 0 Å². The summed E-state index contributed by atoms with van der Waals surface area (Å²) in [5.41, 5.74) is -0.131. The van der Waals surface area contributed by atoms with Crippen molar-refractivity contribution < 1.29 is 13.6 Å². The van der Waals surface area contributed by atoms with Gasteiger partial charge in [0.2, 0.25) is 5.91 Å². The summed E-state index contributed by atoms with van der Waals surface area (Å²) in [7, 11) is 3.22. The zero-order valence-electron chi connectivity index (χ0n) is 11.9. The molecular weight excluding hydrogens is 262 g/mol. The van der Waals surface area contributed by atoms with Crippen LogP contribution in [-0.4, -0.2) is 42.9 Å². The minimum Gasteiger partial charge on any atom is -0.347 e. The van der Waals surface area contributed by atoms with Gasteiger partial charge >= 0.3 is 0 Å². The van der Waals surface area contributed by atoms with Crippen LogP contribution in [0.15, 0.2) is 18.2 Å². The smallest absolute Gasteiger partial charge is 0.244 e. The molecule has 1 atom stereocenters. The van der Waals surface area contributed by atoms with Crippen LogP contribution in [0.2, 0.25) is 0 Å². The van der Waals surface area contributed by atoms with Gasteiger partial charge in [0.05, 0.1) is 5.56 Å². The largest absolute Gasteiger partial charge is 0.347 e. The van der Waals surface area contributed by atoms with Gasteiger partial charge in [0.1, 0.15) is 17.7 Å². The zero-order valence-corrected chi connectivity index (χ0v) is 11.9. The molecule has 0 aromatic heterocycles. The summed E-state index contributed by atoms with van der Waals surface area (Å²) in [6.07, 6.45) is 3.00. The number of rotatable bonds is 3. The molecule has 0 bridgehead atoms. The Labute approximate surface area is 118 Å². The molecule has 0 aliphatic carbocycles. The maximum absolute atomic E-state index is 14.0. The predicted molar refractivity (Wildman–Crippen MR) is 73.2 cm³/mol. The molecule has 5 heteroatoms. The number of halogens is 2. The Bertz CT molecular complexity index is 465. The highest BCUT2D eigenvalue weighted by Gasteiger charge is 2.34. The van der Waals surface area contributed by atoms with Gasteiger partial charge < -0.3 is 4.90 Å². The Morgan fingerprint density at radius 2 is 1.70 bits per heavy atom. The molecule has 1 heterocycles. The van der Waals surface area contributed by atoms with Gasteiger partial charge in [-0.15, -0.1) is 0 Å². The van der Waals surface area contributed by atoms with E-state index < -0.39 is 17.7 Å². The normalized spacial score (nSPS) is 17.8. The topological polar surface area (TPSA) is 23.6 Å². The number of piperidine rings is 1. The van der Waals surface area contributed by atoms with Gasteiger partial charge in [-0.1, -0.05) is 12.5 Å². The Hall–Kier alpha value is -1.49. The first-order valence-electron chi connectivity index (χ1n) is 6.91. The highest BCUT2D eigenvalue weighted by Crippen LogP contribution is 2.30. The lowest BCUT2D eigenvalue weighted by molar-refractivity contribution is -0.135. The standard InChI is InChI=1S/C15H20F2N2O/c1-18(2)15(20)14(19-9-4-3-5-10-19)13-11(16)7-6-8-12(13)17/h6-8,14H,3-5,9-10H2,1-2H3. The summed E-state index contributed by atoms with van der Waals surface area (Å²) in [5.74, 6) is -1.59. The van der Waals surface area contributed by atoms with Crippen LogP contribution in [0.25, 0.3) is 0 Å². The van der Waals surface area contributed by atoms with Crippen molar-refractivity contribution in [1.82, 2.24) is 9.80 Å². The average Bonchev–Trinajstić information content (AvgIpc) is 2.43. The van der Waals surface area contributed by atoms with E-state index in [1.165, 1.54) is 23.1 Å². The minimum atomic E-state index is -0.869. The second-order valence-corrected chi connectivity index (χ2v) is 5.37. The molecule has 0 radical (unpaired) electrons. The van der Waals surface area contributed by atoms with Crippen LogP contribution in [0.5, 0.6) is 0 Å². The molecule has 1 aromatic carbocycles. The van der Waals surface area contributed by atoms with Crippen LogP contribution < -0.4 is 0 Å². The second-order valence-electron chi connectivity index (χ2n) is 5.37. The molecule has 1 aromatic rings. The van der Waals surface area contributed by atoms with Gasteiger partial charge in [0, 0.05) is 14.1 Å². The molecule has 3 nitrogen and oxygen atoms in total. The zero-order chi connectivity index (χ0) is 14.7. The summed E-state index contributed by atoms with van der Waals surface area (Å²) >= 11 is 0. The van der Waals surface area contributed by atoms with Crippen LogP contribution in [0.1, 0.15) is 30.9 Å². The van der Waals surface area contributed by atoms with Crippen molar-refractivity contribution in [2.75, 3.05) is 27.2 Å². The van der Waals surface area contributed by atoms with Crippen LogP contribution in [0.3, 0.4) is 0 Å². The molecule has 0 N–H and O–H groups in total. The molecule has 1 aliphatic rings. The SMILES string of the molecule is CN(C)C(=O)C(c1c(F)cccc1F)N1CCCCC1. The fourth-order valence-electron chi connectivity index (χ4n) is 2.66. The van der Waals surface area contributed by atoms with Crippen molar-refractivity contribution in [3.63, 3.8) is 0 Å². The molecule has 1 unspecified atom stereocenters. The van der Waals surface area contributed by atoms with Crippen molar-refractivity contribution in [1.29, 1.82) is 0 Å². The van der Waals surface area contributed by atoms with Gasteiger partial charge in [0.15, 0.2) is 0 Å². The van der Waals surface area contributed by atoms with E-state index in [1.807, 2.05) is 4.90 Å². The summed E-state index contributed by atoms with van der Waals surface area (Å²) in [5, 5.41) is 0. The van der Waals surface area contributed by atoms with Gasteiger partial charge in [-0.3, -0.25) is 9.69 Å². The number of likely N-dealkylation sites (tertiary alicyclic amines) is 1. The molecule has 0 saturated carbocycles. The third-order valence-electron chi connectivity index (χ3n) is 3.70. The molecule has 1 fully saturated rings. The van der Waals surface area contributed by atoms with E-state index in [9.17, 15) is 13.6 Å². The van der Waals surface area contributed by atoms with Crippen LogP contribution in [-0.2, 0) is 4.79 Å². The lowest BCUT2D eigenvalue weighted by Gasteiger charge is -2.35. The van der Waals surface area contributed by atoms with Crippen molar-refractivity contribution in [3.05, 3.63) is 35.4 Å². The van der Waals surface area contributed by atoms with Crippen molar-refractivity contribution in [2.45, 2.75) is 25.3 Å². The number of benzene rings is 1. The highest BCUT2D eigenvalue weighted by molar-refractivity contribution is 5.83. The Balaban J connectivity index is 2.42. The van der Waals surface area contributed by atoms with E-state index >= 15 is 0 Å². The first-order valence-corrected chi connectivity index (χ1v) is 6.91. The lowest BCUT2D eigenvalue weighted by atomic mass is 9.99. The number of carbonyl (C=O) groups is 1. The van der Waals surface area contributed by atoms with E-state index in [0.717, 1.165) is 19.3 Å². The minimum absolute atomic E-state index is 0.131. The van der Waals surface area contributed by atoms with Gasteiger partial charge in [0.25, 0.3) is 0 Å². The van der Waals surface area contributed by atoms with Gasteiger partial charge in [-0.25, -0.2) is 8.78 Å². The Kier molecular flexibility index (Phi) is 4.70. The molecule has 1 aliphatic heterocycles. The summed E-state index contributed by atoms with van der Waals surface area (Å²) in [6.45, 7) is 1.38. The molecule has 20 heavy (non-hydrogen) atoms. The van der Waals surface area contributed by atoms with E-state index in [4.69, 9.17) is 0 Å². The number of hydrogen-bond donors (Lipinski definition) is 0. The number of carbonyl (C=O) groups excluding carboxylic acids is 1. The van der Waals surface area contributed by atoms with Crippen molar-refractivity contribution >= 4 is 5.91 Å². The van der Waals surface area contributed by atoms with E-state index in [-0.39, 0.29) is 11.5 Å². The summed E-state index contributed by atoms with van der Waals surface area (Å²) < 4.78 is 28.1. The van der Waals surface area contributed by atoms with Crippen molar-refractivity contribution in [2.24, 2.45) is 0 Å². The van der Waals surface area contributed by atoms with Gasteiger partial charge in [-0.05, 0) is 38.1 Å². The second kappa shape index (κ2) is 6.31.